The number of benzene rings is 3. The zero-order valence-corrected chi connectivity index (χ0v) is 27.1. The van der Waals surface area contributed by atoms with Crippen molar-refractivity contribution in [2.75, 3.05) is 20.3 Å². The monoisotopic (exact) mass is 744 g/mol. The maximum absolute atomic E-state index is 14.1. The zero-order chi connectivity index (χ0) is 29.1. The molecule has 0 aliphatic carbocycles. The second-order valence-electron chi connectivity index (χ2n) is 8.94. The molecule has 0 bridgehead atoms. The van der Waals surface area contributed by atoms with E-state index in [1.165, 1.54) is 11.3 Å². The molecule has 1 atom stereocenters. The Morgan fingerprint density at radius 2 is 1.83 bits per heavy atom. The van der Waals surface area contributed by atoms with Crippen molar-refractivity contribution in [1.82, 2.24) is 4.57 Å². The van der Waals surface area contributed by atoms with Gasteiger partial charge in [0.05, 0.1) is 45.7 Å². The number of rotatable bonds is 8. The van der Waals surface area contributed by atoms with E-state index in [-0.39, 0.29) is 12.2 Å². The molecule has 0 unspecified atom stereocenters. The summed E-state index contributed by atoms with van der Waals surface area (Å²) in [5.74, 6) is 0.844. The number of thiazole rings is 1. The van der Waals surface area contributed by atoms with Crippen molar-refractivity contribution in [1.29, 1.82) is 0 Å². The summed E-state index contributed by atoms with van der Waals surface area (Å²) in [4.78, 5) is 33.1. The van der Waals surface area contributed by atoms with Gasteiger partial charge in [-0.1, -0.05) is 69.7 Å². The topological polar surface area (TPSA) is 79.1 Å². The lowest BCUT2D eigenvalue weighted by molar-refractivity contribution is -0.138. The molecule has 1 aromatic heterocycles. The molecule has 4 aromatic rings. The van der Waals surface area contributed by atoms with Gasteiger partial charge in [-0.3, -0.25) is 9.36 Å². The van der Waals surface area contributed by atoms with Crippen molar-refractivity contribution >= 4 is 67.6 Å². The van der Waals surface area contributed by atoms with Gasteiger partial charge in [0.2, 0.25) is 0 Å². The number of nitrogens with zero attached hydrogens (tertiary/aromatic N) is 2. The molecule has 1 aliphatic heterocycles. The first-order chi connectivity index (χ1) is 19.9. The summed E-state index contributed by atoms with van der Waals surface area (Å²) in [5.41, 5.74) is 2.76. The molecular formula is C31H26BrIN2O5S. The second-order valence-corrected chi connectivity index (χ2v) is 12.0. The molecule has 2 heterocycles. The summed E-state index contributed by atoms with van der Waals surface area (Å²) in [7, 11) is 1.61. The van der Waals surface area contributed by atoms with Crippen LogP contribution in [0.3, 0.4) is 0 Å². The minimum absolute atomic E-state index is 0.187. The molecule has 3 aromatic carbocycles. The lowest BCUT2D eigenvalue weighted by atomic mass is 9.93. The van der Waals surface area contributed by atoms with Gasteiger partial charge >= 0.3 is 5.97 Å². The molecule has 5 rings (SSSR count). The van der Waals surface area contributed by atoms with E-state index >= 15 is 0 Å². The maximum atomic E-state index is 14.1. The summed E-state index contributed by atoms with van der Waals surface area (Å²) in [6.07, 6.45) is 1.81. The van der Waals surface area contributed by atoms with E-state index in [0.29, 0.717) is 38.7 Å². The average Bonchev–Trinajstić information content (AvgIpc) is 3.27. The third-order valence-electron chi connectivity index (χ3n) is 6.41. The van der Waals surface area contributed by atoms with Crippen molar-refractivity contribution in [3.05, 3.63) is 117 Å². The predicted octanol–water partition coefficient (Wildman–Crippen LogP) is 5.71. The van der Waals surface area contributed by atoms with E-state index < -0.39 is 12.0 Å². The van der Waals surface area contributed by atoms with Crippen LogP contribution in [0.5, 0.6) is 11.5 Å². The van der Waals surface area contributed by atoms with Gasteiger partial charge in [0, 0.05) is 15.6 Å². The highest BCUT2D eigenvalue weighted by Crippen LogP contribution is 2.36. The highest BCUT2D eigenvalue weighted by Gasteiger charge is 2.35. The van der Waals surface area contributed by atoms with Gasteiger partial charge < -0.3 is 14.2 Å². The minimum atomic E-state index is -0.761. The third kappa shape index (κ3) is 5.91. The third-order valence-corrected chi connectivity index (χ3v) is 8.65. The number of carbonyl (C=O) groups excluding carboxylic acids is 1. The van der Waals surface area contributed by atoms with Crippen LogP contribution in [0.1, 0.15) is 36.6 Å². The van der Waals surface area contributed by atoms with Gasteiger partial charge in [-0.15, -0.1) is 0 Å². The summed E-state index contributed by atoms with van der Waals surface area (Å²) in [6.45, 7) is 4.39. The first-order valence-corrected chi connectivity index (χ1v) is 15.6. The van der Waals surface area contributed by atoms with Crippen LogP contribution in [0.2, 0.25) is 0 Å². The van der Waals surface area contributed by atoms with Gasteiger partial charge in [-0.2, -0.15) is 0 Å². The van der Waals surface area contributed by atoms with Crippen LogP contribution >= 0.6 is 49.9 Å². The smallest absolute Gasteiger partial charge is 0.338 e. The fourth-order valence-electron chi connectivity index (χ4n) is 4.71. The standard InChI is InChI=1S/C31H26BrIN2O5S/c1-4-39-22-13-11-19(12-14-22)27-25(30(37)40-5-2)26(18-9-7-6-8-10-18)34-31-35(27)29(36)24(41-31)16-20-15-21(32)17-23(33)28(20)38-3/h6-17,27H,4-5H2,1-3H3/b24-16-/t27-/m0/s1. The Morgan fingerprint density at radius 3 is 2.49 bits per heavy atom. The van der Waals surface area contributed by atoms with Crippen molar-refractivity contribution in [2.24, 2.45) is 4.99 Å². The van der Waals surface area contributed by atoms with Crippen LogP contribution in [-0.2, 0) is 9.53 Å². The lowest BCUT2D eigenvalue weighted by Crippen LogP contribution is -2.40. The molecular weight excluding hydrogens is 719 g/mol. The zero-order valence-electron chi connectivity index (χ0n) is 22.5. The number of halogens is 2. The summed E-state index contributed by atoms with van der Waals surface area (Å²) < 4.78 is 20.6. The number of hydrogen-bond donors (Lipinski definition) is 0. The van der Waals surface area contributed by atoms with Crippen LogP contribution in [0.4, 0.5) is 0 Å². The molecule has 0 radical (unpaired) electrons. The summed E-state index contributed by atoms with van der Waals surface area (Å²) in [6, 6.07) is 20.0. The summed E-state index contributed by atoms with van der Waals surface area (Å²) in [5, 5.41) is 0. The van der Waals surface area contributed by atoms with Crippen molar-refractivity contribution in [3.63, 3.8) is 0 Å². The maximum Gasteiger partial charge on any atom is 0.338 e. The van der Waals surface area contributed by atoms with Crippen LogP contribution in [0, 0.1) is 3.57 Å². The number of aromatic nitrogens is 1. The largest absolute Gasteiger partial charge is 0.495 e. The normalized spacial score (nSPS) is 14.9. The van der Waals surface area contributed by atoms with Gasteiger partial charge in [0.15, 0.2) is 4.80 Å². The van der Waals surface area contributed by atoms with Crippen LogP contribution in [0.25, 0.3) is 11.8 Å². The number of methoxy groups -OCH3 is 1. The predicted molar refractivity (Wildman–Crippen MR) is 172 cm³/mol. The van der Waals surface area contributed by atoms with Crippen LogP contribution in [-0.4, -0.2) is 30.9 Å². The number of hydrogen-bond acceptors (Lipinski definition) is 7. The quantitative estimate of drug-likeness (QED) is 0.171. The highest BCUT2D eigenvalue weighted by atomic mass is 127. The molecule has 41 heavy (non-hydrogen) atoms. The molecule has 0 amide bonds. The number of carbonyl (C=O) groups is 1. The number of fused-ring (bicyclic) bond motifs is 1. The highest BCUT2D eigenvalue weighted by molar-refractivity contribution is 14.1. The van der Waals surface area contributed by atoms with E-state index in [0.717, 1.165) is 24.7 Å². The van der Waals surface area contributed by atoms with E-state index in [2.05, 4.69) is 38.5 Å². The van der Waals surface area contributed by atoms with Crippen molar-refractivity contribution in [3.8, 4) is 11.5 Å². The second kappa shape index (κ2) is 12.7. The SMILES string of the molecule is CCOC(=O)C1=C(c2ccccc2)N=c2s/c(=C\c3cc(Br)cc(I)c3OC)c(=O)n2[C@H]1c1ccc(OCC)cc1. The van der Waals surface area contributed by atoms with Gasteiger partial charge in [0.1, 0.15) is 11.5 Å². The molecule has 1 aliphatic rings. The fourth-order valence-corrected chi connectivity index (χ4v) is 7.48. The molecule has 0 saturated carbocycles. The molecule has 0 N–H and O–H groups in total. The van der Waals surface area contributed by atoms with Crippen molar-refractivity contribution < 1.29 is 19.0 Å². The molecule has 7 nitrogen and oxygen atoms in total. The Morgan fingerprint density at radius 1 is 1.10 bits per heavy atom. The number of ether oxygens (including phenoxy) is 3. The molecule has 210 valence electrons. The van der Waals surface area contributed by atoms with Crippen LogP contribution in [0.15, 0.2) is 86.6 Å². The lowest BCUT2D eigenvalue weighted by Gasteiger charge is -2.26. The molecule has 0 spiro atoms. The Balaban J connectivity index is 1.82. The molecule has 10 heteroatoms. The van der Waals surface area contributed by atoms with Crippen molar-refractivity contribution in [2.45, 2.75) is 19.9 Å². The number of esters is 1. The van der Waals surface area contributed by atoms with Gasteiger partial charge in [-0.25, -0.2) is 9.79 Å². The summed E-state index contributed by atoms with van der Waals surface area (Å²) >= 11 is 7.02. The van der Waals surface area contributed by atoms with Gasteiger partial charge in [-0.05, 0) is 72.3 Å². The Labute approximate surface area is 263 Å². The minimum Gasteiger partial charge on any atom is -0.495 e. The van der Waals surface area contributed by atoms with E-state index in [9.17, 15) is 9.59 Å². The van der Waals surface area contributed by atoms with E-state index in [1.54, 1.807) is 24.7 Å². The van der Waals surface area contributed by atoms with E-state index in [1.807, 2.05) is 73.7 Å². The van der Waals surface area contributed by atoms with Gasteiger partial charge in [0.25, 0.3) is 5.56 Å². The van der Waals surface area contributed by atoms with Crippen LogP contribution < -0.4 is 24.4 Å². The Kier molecular flexibility index (Phi) is 9.10. The Bertz CT molecular complexity index is 1810. The fraction of sp³-hybridized carbons (Fsp3) is 0.194. The average molecular weight is 745 g/mol. The first kappa shape index (κ1) is 29.3. The van der Waals surface area contributed by atoms with E-state index in [4.69, 9.17) is 19.2 Å². The molecule has 0 saturated heterocycles. The Hall–Kier alpha value is -3.22. The first-order valence-electron chi connectivity index (χ1n) is 12.9. The molecule has 0 fully saturated rings.